The Labute approximate surface area is 114 Å². The summed E-state index contributed by atoms with van der Waals surface area (Å²) in [5, 5.41) is 7.96. The number of carbonyl (C=O) groups is 1. The molecule has 19 heavy (non-hydrogen) atoms. The first-order valence-corrected chi connectivity index (χ1v) is 6.98. The number of rotatable bonds is 4. The molecule has 0 bridgehead atoms. The molecule has 1 aliphatic rings. The molecule has 0 spiro atoms. The van der Waals surface area contributed by atoms with E-state index >= 15 is 0 Å². The van der Waals surface area contributed by atoms with E-state index in [0.29, 0.717) is 17.8 Å². The first kappa shape index (κ1) is 12.3. The Kier molecular flexibility index (Phi) is 3.31. The Morgan fingerprint density at radius 3 is 3.05 bits per heavy atom. The molecule has 3 nitrogen and oxygen atoms in total. The molecule has 0 aliphatic carbocycles. The second-order valence-corrected chi connectivity index (χ2v) is 5.47. The van der Waals surface area contributed by atoms with E-state index in [1.807, 2.05) is 11.4 Å². The Hall–Kier alpha value is -1.72. The molecule has 1 aliphatic heterocycles. The van der Waals surface area contributed by atoms with E-state index in [9.17, 15) is 9.18 Å². The average molecular weight is 276 g/mol. The zero-order valence-electron chi connectivity index (χ0n) is 10.2. The van der Waals surface area contributed by atoms with Crippen molar-refractivity contribution in [3.8, 4) is 0 Å². The fourth-order valence-electron chi connectivity index (χ4n) is 2.23. The molecule has 1 amide bonds. The number of thiophene rings is 1. The van der Waals surface area contributed by atoms with Crippen molar-refractivity contribution in [3.05, 3.63) is 52.0 Å². The normalized spacial score (nSPS) is 17.3. The van der Waals surface area contributed by atoms with Gasteiger partial charge in [0, 0.05) is 22.7 Å². The van der Waals surface area contributed by atoms with Crippen molar-refractivity contribution < 1.29 is 9.18 Å². The summed E-state index contributed by atoms with van der Waals surface area (Å²) in [6, 6.07) is 7.99. The molecule has 0 saturated carbocycles. The zero-order valence-corrected chi connectivity index (χ0v) is 11.0. The lowest BCUT2D eigenvalue weighted by atomic mass is 10.1. The van der Waals surface area contributed by atoms with Gasteiger partial charge in [-0.2, -0.15) is 0 Å². The Morgan fingerprint density at radius 2 is 2.26 bits per heavy atom. The van der Waals surface area contributed by atoms with Gasteiger partial charge in [0.2, 0.25) is 5.91 Å². The quantitative estimate of drug-likeness (QED) is 0.901. The van der Waals surface area contributed by atoms with Gasteiger partial charge in [0.15, 0.2) is 0 Å². The van der Waals surface area contributed by atoms with Crippen LogP contribution in [0.25, 0.3) is 0 Å². The van der Waals surface area contributed by atoms with Gasteiger partial charge in [0.25, 0.3) is 0 Å². The third-order valence-electron chi connectivity index (χ3n) is 3.14. The van der Waals surface area contributed by atoms with Crippen molar-refractivity contribution in [3.63, 3.8) is 0 Å². The third kappa shape index (κ3) is 2.52. The molecular weight excluding hydrogens is 263 g/mol. The monoisotopic (exact) mass is 276 g/mol. The molecule has 1 aromatic heterocycles. The second kappa shape index (κ2) is 5.11. The standard InChI is InChI=1S/C14H13FN2OS/c15-9-3-4-12-11(8-9)13(14(18)17-12)16-6-5-10-2-1-7-19-10/h1-4,7-8,13,16H,5-6H2,(H,17,18). The highest BCUT2D eigenvalue weighted by molar-refractivity contribution is 7.09. The molecule has 0 fully saturated rings. The van der Waals surface area contributed by atoms with Crippen LogP contribution in [0.4, 0.5) is 10.1 Å². The molecule has 0 radical (unpaired) electrons. The van der Waals surface area contributed by atoms with Gasteiger partial charge in [-0.3, -0.25) is 4.79 Å². The Bertz CT molecular complexity index is 597. The molecule has 1 atom stereocenters. The molecule has 98 valence electrons. The van der Waals surface area contributed by atoms with E-state index in [0.717, 1.165) is 6.42 Å². The third-order valence-corrected chi connectivity index (χ3v) is 4.08. The van der Waals surface area contributed by atoms with Crippen LogP contribution in [-0.4, -0.2) is 12.5 Å². The second-order valence-electron chi connectivity index (χ2n) is 4.44. The minimum absolute atomic E-state index is 0.119. The number of hydrogen-bond donors (Lipinski definition) is 2. The van der Waals surface area contributed by atoms with Crippen LogP contribution in [0.5, 0.6) is 0 Å². The minimum atomic E-state index is -0.453. The molecule has 2 aromatic rings. The van der Waals surface area contributed by atoms with E-state index in [1.165, 1.54) is 17.0 Å². The van der Waals surface area contributed by atoms with Crippen LogP contribution in [0.15, 0.2) is 35.7 Å². The van der Waals surface area contributed by atoms with Gasteiger partial charge in [-0.15, -0.1) is 11.3 Å². The molecule has 1 unspecified atom stereocenters. The van der Waals surface area contributed by atoms with Gasteiger partial charge in [0.1, 0.15) is 11.9 Å². The van der Waals surface area contributed by atoms with Crippen molar-refractivity contribution in [2.45, 2.75) is 12.5 Å². The van der Waals surface area contributed by atoms with E-state index in [1.54, 1.807) is 17.4 Å². The van der Waals surface area contributed by atoms with Gasteiger partial charge in [-0.05, 0) is 36.1 Å². The number of amides is 1. The summed E-state index contributed by atoms with van der Waals surface area (Å²) in [4.78, 5) is 13.1. The van der Waals surface area contributed by atoms with E-state index < -0.39 is 6.04 Å². The minimum Gasteiger partial charge on any atom is -0.324 e. The van der Waals surface area contributed by atoms with E-state index in [4.69, 9.17) is 0 Å². The van der Waals surface area contributed by atoms with Crippen LogP contribution >= 0.6 is 11.3 Å². The first-order valence-electron chi connectivity index (χ1n) is 6.10. The maximum Gasteiger partial charge on any atom is 0.246 e. The Balaban J connectivity index is 1.68. The topological polar surface area (TPSA) is 41.1 Å². The van der Waals surface area contributed by atoms with Crippen molar-refractivity contribution in [1.82, 2.24) is 5.32 Å². The van der Waals surface area contributed by atoms with Crippen molar-refractivity contribution in [2.24, 2.45) is 0 Å². The highest BCUT2D eigenvalue weighted by atomic mass is 32.1. The number of nitrogens with one attached hydrogen (secondary N) is 2. The van der Waals surface area contributed by atoms with E-state index in [2.05, 4.69) is 16.7 Å². The number of hydrogen-bond acceptors (Lipinski definition) is 3. The smallest absolute Gasteiger partial charge is 0.246 e. The Morgan fingerprint density at radius 1 is 1.37 bits per heavy atom. The van der Waals surface area contributed by atoms with Crippen molar-refractivity contribution >= 4 is 22.9 Å². The molecule has 2 N–H and O–H groups in total. The largest absolute Gasteiger partial charge is 0.324 e. The summed E-state index contributed by atoms with van der Waals surface area (Å²) in [6.07, 6.45) is 0.867. The number of benzene rings is 1. The molecule has 3 rings (SSSR count). The maximum atomic E-state index is 13.2. The van der Waals surface area contributed by atoms with Gasteiger partial charge < -0.3 is 10.6 Å². The molecular formula is C14H13FN2OS. The lowest BCUT2D eigenvalue weighted by Crippen LogP contribution is -2.29. The predicted molar refractivity (Wildman–Crippen MR) is 73.8 cm³/mol. The number of anilines is 1. The van der Waals surface area contributed by atoms with Crippen LogP contribution in [0.3, 0.4) is 0 Å². The molecule has 2 heterocycles. The summed E-state index contributed by atoms with van der Waals surface area (Å²) in [6.45, 7) is 0.689. The van der Waals surface area contributed by atoms with Gasteiger partial charge in [-0.1, -0.05) is 6.07 Å². The van der Waals surface area contributed by atoms with Gasteiger partial charge >= 0.3 is 0 Å². The number of halogens is 1. The van der Waals surface area contributed by atoms with Crippen molar-refractivity contribution in [1.29, 1.82) is 0 Å². The molecule has 1 aromatic carbocycles. The number of carbonyl (C=O) groups excluding carboxylic acids is 1. The first-order chi connectivity index (χ1) is 9.24. The fraction of sp³-hybridized carbons (Fsp3) is 0.214. The van der Waals surface area contributed by atoms with E-state index in [-0.39, 0.29) is 11.7 Å². The average Bonchev–Trinajstić information content (AvgIpc) is 2.99. The fourth-order valence-corrected chi connectivity index (χ4v) is 2.94. The maximum absolute atomic E-state index is 13.2. The lowest BCUT2D eigenvalue weighted by Gasteiger charge is -2.10. The summed E-state index contributed by atoms with van der Waals surface area (Å²) < 4.78 is 13.2. The number of fused-ring (bicyclic) bond motifs is 1. The highest BCUT2D eigenvalue weighted by Gasteiger charge is 2.30. The SMILES string of the molecule is O=C1Nc2ccc(F)cc2C1NCCc1cccs1. The van der Waals surface area contributed by atoms with Crippen LogP contribution < -0.4 is 10.6 Å². The summed E-state index contributed by atoms with van der Waals surface area (Å²) in [7, 11) is 0. The summed E-state index contributed by atoms with van der Waals surface area (Å²) in [5.74, 6) is -0.438. The van der Waals surface area contributed by atoms with Crippen LogP contribution in [-0.2, 0) is 11.2 Å². The molecule has 5 heteroatoms. The van der Waals surface area contributed by atoms with Crippen molar-refractivity contribution in [2.75, 3.05) is 11.9 Å². The zero-order chi connectivity index (χ0) is 13.2. The summed E-state index contributed by atoms with van der Waals surface area (Å²) >= 11 is 1.69. The van der Waals surface area contributed by atoms with Crippen LogP contribution in [0, 0.1) is 5.82 Å². The van der Waals surface area contributed by atoms with Crippen LogP contribution in [0.1, 0.15) is 16.5 Å². The predicted octanol–water partition coefficient (Wildman–Crippen LogP) is 2.71. The lowest BCUT2D eigenvalue weighted by molar-refractivity contribution is -0.117. The van der Waals surface area contributed by atoms with Gasteiger partial charge in [0.05, 0.1) is 0 Å². The van der Waals surface area contributed by atoms with Crippen LogP contribution in [0.2, 0.25) is 0 Å². The highest BCUT2D eigenvalue weighted by Crippen LogP contribution is 2.31. The molecule has 0 saturated heterocycles. The van der Waals surface area contributed by atoms with Gasteiger partial charge in [-0.25, -0.2) is 4.39 Å². The summed E-state index contributed by atoms with van der Waals surface area (Å²) in [5.41, 5.74) is 1.39.